The second kappa shape index (κ2) is 4.30. The maximum atomic E-state index is 11.8. The highest BCUT2D eigenvalue weighted by molar-refractivity contribution is 7.92. The summed E-state index contributed by atoms with van der Waals surface area (Å²) in [6.07, 6.45) is 1.63. The van der Waals surface area contributed by atoms with E-state index in [2.05, 4.69) is 0 Å². The highest BCUT2D eigenvalue weighted by atomic mass is 32.2. The molecule has 1 aromatic heterocycles. The van der Waals surface area contributed by atoms with Gasteiger partial charge in [0, 0.05) is 16.7 Å². The van der Waals surface area contributed by atoms with Gasteiger partial charge in [0.15, 0.2) is 9.84 Å². The highest BCUT2D eigenvalue weighted by Crippen LogP contribution is 2.47. The van der Waals surface area contributed by atoms with Crippen LogP contribution in [0.25, 0.3) is 0 Å². The molecule has 0 saturated carbocycles. The third kappa shape index (κ3) is 2.34. The van der Waals surface area contributed by atoms with E-state index in [4.69, 9.17) is 0 Å². The van der Waals surface area contributed by atoms with Crippen LogP contribution in [0.2, 0.25) is 0 Å². The van der Waals surface area contributed by atoms with Gasteiger partial charge in [0.1, 0.15) is 4.21 Å². The molecule has 1 heterocycles. The van der Waals surface area contributed by atoms with Gasteiger partial charge in [-0.25, -0.2) is 8.42 Å². The summed E-state index contributed by atoms with van der Waals surface area (Å²) < 4.78 is 23.7. The molecule has 0 radical (unpaired) electrons. The van der Waals surface area contributed by atoms with Crippen LogP contribution in [0.4, 0.5) is 0 Å². The Kier molecular flexibility index (Phi) is 3.34. The number of fused-ring (bicyclic) bond motifs is 1. The first kappa shape index (κ1) is 14.0. The van der Waals surface area contributed by atoms with E-state index in [1.165, 1.54) is 0 Å². The molecule has 102 valence electrons. The summed E-state index contributed by atoms with van der Waals surface area (Å²) in [6.45, 7) is 3.90. The van der Waals surface area contributed by atoms with Gasteiger partial charge in [0.25, 0.3) is 0 Å². The number of thiophene rings is 1. The number of aliphatic hydroxyl groups is 2. The quantitative estimate of drug-likeness (QED) is 0.868. The summed E-state index contributed by atoms with van der Waals surface area (Å²) in [5, 5.41) is 19.6. The summed E-state index contributed by atoms with van der Waals surface area (Å²) in [6, 6.07) is 0. The van der Waals surface area contributed by atoms with Gasteiger partial charge < -0.3 is 10.2 Å². The van der Waals surface area contributed by atoms with Crippen LogP contribution in [0, 0.1) is 5.41 Å². The molecule has 6 heteroatoms. The molecule has 0 bridgehead atoms. The zero-order valence-corrected chi connectivity index (χ0v) is 12.4. The summed E-state index contributed by atoms with van der Waals surface area (Å²) in [7, 11) is -3.36. The molecular formula is C12H18O4S2. The molecule has 1 unspecified atom stereocenters. The minimum absolute atomic E-state index is 0.0772. The van der Waals surface area contributed by atoms with Gasteiger partial charge in [-0.2, -0.15) is 0 Å². The topological polar surface area (TPSA) is 74.6 Å². The second-order valence-corrected chi connectivity index (χ2v) is 9.01. The zero-order valence-electron chi connectivity index (χ0n) is 10.7. The van der Waals surface area contributed by atoms with Gasteiger partial charge in [0.05, 0.1) is 12.7 Å². The van der Waals surface area contributed by atoms with Crippen LogP contribution in [0.15, 0.2) is 4.21 Å². The van der Waals surface area contributed by atoms with E-state index in [-0.39, 0.29) is 16.2 Å². The highest BCUT2D eigenvalue weighted by Gasteiger charge is 2.37. The molecule has 0 aliphatic heterocycles. The molecule has 1 aromatic rings. The molecule has 0 saturated heterocycles. The molecule has 0 fully saturated rings. The summed E-state index contributed by atoms with van der Waals surface area (Å²) >= 11 is 1.09. The Morgan fingerprint density at radius 3 is 2.56 bits per heavy atom. The predicted molar refractivity (Wildman–Crippen MR) is 70.4 cm³/mol. The van der Waals surface area contributed by atoms with E-state index < -0.39 is 15.9 Å². The van der Waals surface area contributed by atoms with Crippen molar-refractivity contribution in [1.82, 2.24) is 0 Å². The fraction of sp³-hybridized carbons (Fsp3) is 0.667. The summed E-state index contributed by atoms with van der Waals surface area (Å²) in [5.74, 6) is 0. The maximum Gasteiger partial charge on any atom is 0.185 e. The number of hydrogen-bond donors (Lipinski definition) is 2. The normalized spacial score (nSPS) is 22.8. The molecule has 0 spiro atoms. The Morgan fingerprint density at radius 1 is 1.44 bits per heavy atom. The van der Waals surface area contributed by atoms with Crippen LogP contribution < -0.4 is 0 Å². The minimum atomic E-state index is -3.36. The Hall–Kier alpha value is -0.430. The van der Waals surface area contributed by atoms with Crippen molar-refractivity contribution in [3.05, 3.63) is 16.0 Å². The maximum absolute atomic E-state index is 11.8. The molecule has 1 atom stereocenters. The van der Waals surface area contributed by atoms with Gasteiger partial charge in [-0.05, 0) is 23.8 Å². The van der Waals surface area contributed by atoms with Crippen molar-refractivity contribution in [3.8, 4) is 0 Å². The molecular weight excluding hydrogens is 272 g/mol. The summed E-state index contributed by atoms with van der Waals surface area (Å²) in [4.78, 5) is 0.664. The van der Waals surface area contributed by atoms with E-state index in [9.17, 15) is 18.6 Å². The third-order valence-corrected chi connectivity index (χ3v) is 6.39. The van der Waals surface area contributed by atoms with Gasteiger partial charge in [-0.15, -0.1) is 11.3 Å². The van der Waals surface area contributed by atoms with Gasteiger partial charge in [-0.3, -0.25) is 0 Å². The molecule has 0 aromatic carbocycles. The average Bonchev–Trinajstić information content (AvgIpc) is 2.53. The molecule has 1 aliphatic carbocycles. The fourth-order valence-electron chi connectivity index (χ4n) is 2.61. The van der Waals surface area contributed by atoms with E-state index >= 15 is 0 Å². The number of aliphatic hydroxyl groups excluding tert-OH is 2. The Bertz CT molecular complexity index is 569. The minimum Gasteiger partial charge on any atom is -0.391 e. The molecule has 2 rings (SSSR count). The van der Waals surface area contributed by atoms with E-state index in [0.29, 0.717) is 23.3 Å². The third-order valence-electron chi connectivity index (χ3n) is 3.31. The van der Waals surface area contributed by atoms with Crippen molar-refractivity contribution in [3.63, 3.8) is 0 Å². The lowest BCUT2D eigenvalue weighted by atomic mass is 9.73. The largest absolute Gasteiger partial charge is 0.391 e. The smallest absolute Gasteiger partial charge is 0.185 e. The lowest BCUT2D eigenvalue weighted by molar-refractivity contribution is 0.0974. The lowest BCUT2D eigenvalue weighted by Gasteiger charge is -2.33. The van der Waals surface area contributed by atoms with Crippen LogP contribution in [0.3, 0.4) is 0 Å². The van der Waals surface area contributed by atoms with Crippen molar-refractivity contribution < 1.29 is 18.6 Å². The number of sulfone groups is 1. The average molecular weight is 290 g/mol. The van der Waals surface area contributed by atoms with Gasteiger partial charge in [0.2, 0.25) is 0 Å². The Morgan fingerprint density at radius 2 is 2.06 bits per heavy atom. The SMILES string of the molecule is CC1(C)Cc2c(CO)sc(S(C)(=O)=O)c2C(O)C1. The van der Waals surface area contributed by atoms with Crippen LogP contribution in [0.5, 0.6) is 0 Å². The number of rotatable bonds is 2. The van der Waals surface area contributed by atoms with E-state index in [0.717, 1.165) is 23.2 Å². The van der Waals surface area contributed by atoms with Crippen LogP contribution >= 0.6 is 11.3 Å². The zero-order chi connectivity index (χ0) is 13.7. The van der Waals surface area contributed by atoms with Crippen molar-refractivity contribution >= 4 is 21.2 Å². The Balaban J connectivity index is 2.68. The van der Waals surface area contributed by atoms with Crippen molar-refractivity contribution in [2.24, 2.45) is 5.41 Å². The van der Waals surface area contributed by atoms with E-state index in [1.54, 1.807) is 0 Å². The summed E-state index contributed by atoms with van der Waals surface area (Å²) in [5.41, 5.74) is 1.27. The standard InChI is InChI=1S/C12H18O4S2/c1-12(2)4-7-9(6-13)17-11(18(3,15)16)10(7)8(14)5-12/h8,13-14H,4-6H2,1-3H3. The fourth-order valence-corrected chi connectivity index (χ4v) is 5.14. The lowest BCUT2D eigenvalue weighted by Crippen LogP contribution is -2.26. The van der Waals surface area contributed by atoms with Crippen LogP contribution in [-0.2, 0) is 22.9 Å². The molecule has 2 N–H and O–H groups in total. The van der Waals surface area contributed by atoms with E-state index in [1.807, 2.05) is 13.8 Å². The van der Waals surface area contributed by atoms with Crippen LogP contribution in [-0.4, -0.2) is 24.9 Å². The molecule has 18 heavy (non-hydrogen) atoms. The second-order valence-electron chi connectivity index (χ2n) is 5.70. The van der Waals surface area contributed by atoms with Crippen molar-refractivity contribution in [2.75, 3.05) is 6.26 Å². The molecule has 1 aliphatic rings. The first-order valence-corrected chi connectivity index (χ1v) is 8.50. The Labute approximate surface area is 111 Å². The van der Waals surface area contributed by atoms with Gasteiger partial charge in [-0.1, -0.05) is 13.8 Å². The first-order chi connectivity index (χ1) is 8.15. The predicted octanol–water partition coefficient (Wildman–Crippen LogP) is 1.65. The molecule has 0 amide bonds. The number of hydrogen-bond acceptors (Lipinski definition) is 5. The van der Waals surface area contributed by atoms with Crippen LogP contribution in [0.1, 0.15) is 42.4 Å². The van der Waals surface area contributed by atoms with Crippen molar-refractivity contribution in [1.29, 1.82) is 0 Å². The monoisotopic (exact) mass is 290 g/mol. The van der Waals surface area contributed by atoms with Gasteiger partial charge >= 0.3 is 0 Å². The first-order valence-electron chi connectivity index (χ1n) is 5.79. The van der Waals surface area contributed by atoms with Crippen molar-refractivity contribution in [2.45, 2.75) is 43.6 Å². The molecule has 4 nitrogen and oxygen atoms in total.